The number of aliphatic hydroxyl groups is 2. The molecule has 0 rings (SSSR count). The molecule has 0 aliphatic heterocycles. The average molecular weight is 172 g/mol. The zero-order valence-electron chi connectivity index (χ0n) is 4.30. The normalized spacial score (nSPS) is 10.3. The molecule has 0 aromatic rings. The van der Waals surface area contributed by atoms with Crippen LogP contribution in [0, 0.1) is 0 Å². The Morgan fingerprint density at radius 1 is 1.43 bits per heavy atom. The summed E-state index contributed by atoms with van der Waals surface area (Å²) in [5.41, 5.74) is 0. The molecule has 0 aliphatic rings. The van der Waals surface area contributed by atoms with E-state index in [9.17, 15) is 0 Å². The van der Waals surface area contributed by atoms with Crippen LogP contribution in [0.3, 0.4) is 0 Å². The van der Waals surface area contributed by atoms with Gasteiger partial charge in [-0.15, -0.1) is 17.0 Å². The lowest BCUT2D eigenvalue weighted by atomic mass is 10.6. The molecule has 0 unspecified atom stereocenters. The minimum Gasteiger partial charge on any atom is -0.354 e. The van der Waals surface area contributed by atoms with Gasteiger partial charge in [-0.05, 0) is 7.05 Å². The van der Waals surface area contributed by atoms with Gasteiger partial charge < -0.3 is 10.2 Å². The van der Waals surface area contributed by atoms with Crippen LogP contribution in [0.1, 0.15) is 6.92 Å². The molecule has 0 amide bonds. The minimum atomic E-state index is -1.71. The van der Waals surface area contributed by atoms with E-state index in [4.69, 9.17) is 10.2 Å². The molecule has 46 valence electrons. The number of halogens is 1. The first-order valence-electron chi connectivity index (χ1n) is 1.70. The second-order valence-electron chi connectivity index (χ2n) is 1.27. The van der Waals surface area contributed by atoms with Crippen molar-refractivity contribution in [2.24, 2.45) is 0 Å². The van der Waals surface area contributed by atoms with Gasteiger partial charge >= 0.3 is 0 Å². The van der Waals surface area contributed by atoms with Gasteiger partial charge in [0.05, 0.1) is 0 Å². The largest absolute Gasteiger partial charge is 0.354 e. The Bertz CT molecular complexity index is 42.7. The zero-order valence-corrected chi connectivity index (χ0v) is 6.02. The van der Waals surface area contributed by atoms with Gasteiger partial charge in [0.2, 0.25) is 5.91 Å². The molecule has 4 heteroatoms. The summed E-state index contributed by atoms with van der Waals surface area (Å²) in [4.78, 5) is 0. The Morgan fingerprint density at radius 2 is 1.57 bits per heavy atom. The van der Waals surface area contributed by atoms with Crippen molar-refractivity contribution in [1.82, 2.24) is 5.32 Å². The summed E-state index contributed by atoms with van der Waals surface area (Å²) in [5.74, 6) is -1.71. The lowest BCUT2D eigenvalue weighted by Gasteiger charge is -2.12. The number of hydrogen-bond donors (Lipinski definition) is 3. The van der Waals surface area contributed by atoms with E-state index in [0.717, 1.165) is 0 Å². The summed E-state index contributed by atoms with van der Waals surface area (Å²) < 4.78 is 0. The summed E-state index contributed by atoms with van der Waals surface area (Å²) in [6.07, 6.45) is 0. The first-order chi connectivity index (χ1) is 2.56. The van der Waals surface area contributed by atoms with Crippen molar-refractivity contribution in [2.45, 2.75) is 12.8 Å². The number of nitrogens with one attached hydrogen (secondary N) is 1. The third kappa shape index (κ3) is 10.7. The Morgan fingerprint density at radius 3 is 1.57 bits per heavy atom. The van der Waals surface area contributed by atoms with Crippen LogP contribution in [0.25, 0.3) is 0 Å². The molecule has 0 saturated carbocycles. The fourth-order valence-corrected chi connectivity index (χ4v) is 0. The molecule has 0 aliphatic carbocycles. The summed E-state index contributed by atoms with van der Waals surface area (Å²) in [7, 11) is 1.46. The van der Waals surface area contributed by atoms with Gasteiger partial charge in [0, 0.05) is 6.92 Å². The molecule has 0 heterocycles. The maximum absolute atomic E-state index is 8.27. The maximum atomic E-state index is 8.27. The Kier molecular flexibility index (Phi) is 4.99. The van der Waals surface area contributed by atoms with E-state index in [1.165, 1.54) is 14.0 Å². The van der Waals surface area contributed by atoms with E-state index in [2.05, 4.69) is 5.32 Å². The SMILES string of the molecule is Br.CNC(C)(O)O. The predicted molar refractivity (Wildman–Crippen MR) is 32.2 cm³/mol. The lowest BCUT2D eigenvalue weighted by Crippen LogP contribution is -2.38. The van der Waals surface area contributed by atoms with E-state index in [0.29, 0.717) is 0 Å². The highest BCUT2D eigenvalue weighted by atomic mass is 79.9. The van der Waals surface area contributed by atoms with Gasteiger partial charge in [-0.2, -0.15) is 0 Å². The second-order valence-corrected chi connectivity index (χ2v) is 1.27. The molecule has 3 N–H and O–H groups in total. The van der Waals surface area contributed by atoms with E-state index in [1.54, 1.807) is 0 Å². The fraction of sp³-hybridized carbons (Fsp3) is 1.00. The topological polar surface area (TPSA) is 52.5 Å². The standard InChI is InChI=1S/C3H9NO2.BrH/c1-3(5,6)4-2;/h4-6H,1-2H3;1H. The Balaban J connectivity index is 0. The number of hydrogen-bond acceptors (Lipinski definition) is 3. The fourth-order valence-electron chi connectivity index (χ4n) is 0. The highest BCUT2D eigenvalue weighted by Crippen LogP contribution is 1.83. The Labute approximate surface area is 53.1 Å². The predicted octanol–water partition coefficient (Wildman–Crippen LogP) is -0.558. The first-order valence-corrected chi connectivity index (χ1v) is 1.70. The summed E-state index contributed by atoms with van der Waals surface area (Å²) in [6.45, 7) is 1.24. The van der Waals surface area contributed by atoms with Crippen LogP contribution in [0.15, 0.2) is 0 Å². The van der Waals surface area contributed by atoms with Crippen molar-refractivity contribution in [1.29, 1.82) is 0 Å². The van der Waals surface area contributed by atoms with Crippen LogP contribution < -0.4 is 5.32 Å². The Hall–Kier alpha value is 0.360. The van der Waals surface area contributed by atoms with E-state index >= 15 is 0 Å². The molecular formula is C3H10BrNO2. The van der Waals surface area contributed by atoms with Crippen molar-refractivity contribution < 1.29 is 10.2 Å². The van der Waals surface area contributed by atoms with Crippen molar-refractivity contribution in [3.8, 4) is 0 Å². The first kappa shape index (κ1) is 10.4. The average Bonchev–Trinajstić information content (AvgIpc) is 1.35. The molecule has 0 aromatic heterocycles. The monoisotopic (exact) mass is 171 g/mol. The van der Waals surface area contributed by atoms with E-state index in [1.807, 2.05) is 0 Å². The highest BCUT2D eigenvalue weighted by molar-refractivity contribution is 8.93. The van der Waals surface area contributed by atoms with Gasteiger partial charge in [0.15, 0.2) is 0 Å². The van der Waals surface area contributed by atoms with Crippen LogP contribution in [-0.2, 0) is 0 Å². The van der Waals surface area contributed by atoms with Crippen LogP contribution in [0.4, 0.5) is 0 Å². The molecule has 0 saturated heterocycles. The molecular weight excluding hydrogens is 162 g/mol. The molecule has 0 radical (unpaired) electrons. The molecule has 7 heavy (non-hydrogen) atoms. The highest BCUT2D eigenvalue weighted by Gasteiger charge is 2.07. The molecule has 0 aromatic carbocycles. The molecule has 0 spiro atoms. The molecule has 0 bridgehead atoms. The van der Waals surface area contributed by atoms with Gasteiger partial charge in [0.25, 0.3) is 0 Å². The maximum Gasteiger partial charge on any atom is 0.219 e. The van der Waals surface area contributed by atoms with Crippen molar-refractivity contribution in [3.05, 3.63) is 0 Å². The molecule has 0 fully saturated rings. The second kappa shape index (κ2) is 3.37. The molecule has 0 atom stereocenters. The lowest BCUT2D eigenvalue weighted by molar-refractivity contribution is -0.164. The minimum absolute atomic E-state index is 0. The summed E-state index contributed by atoms with van der Waals surface area (Å²) in [5, 5.41) is 18.8. The van der Waals surface area contributed by atoms with Gasteiger partial charge in [-0.1, -0.05) is 0 Å². The number of rotatable bonds is 1. The van der Waals surface area contributed by atoms with Gasteiger partial charge in [-0.25, -0.2) is 0 Å². The van der Waals surface area contributed by atoms with Gasteiger partial charge in [0.1, 0.15) is 0 Å². The van der Waals surface area contributed by atoms with Crippen molar-refractivity contribution in [3.63, 3.8) is 0 Å². The van der Waals surface area contributed by atoms with Crippen molar-refractivity contribution >= 4 is 17.0 Å². The molecule has 3 nitrogen and oxygen atoms in total. The van der Waals surface area contributed by atoms with Crippen LogP contribution in [0.2, 0.25) is 0 Å². The van der Waals surface area contributed by atoms with Crippen molar-refractivity contribution in [2.75, 3.05) is 7.05 Å². The van der Waals surface area contributed by atoms with Gasteiger partial charge in [-0.3, -0.25) is 5.32 Å². The summed E-state index contributed by atoms with van der Waals surface area (Å²) >= 11 is 0. The smallest absolute Gasteiger partial charge is 0.219 e. The quantitative estimate of drug-likeness (QED) is 0.465. The summed E-state index contributed by atoms with van der Waals surface area (Å²) in [6, 6.07) is 0. The zero-order chi connectivity index (χ0) is 5.21. The van der Waals surface area contributed by atoms with E-state index < -0.39 is 5.91 Å². The third-order valence-electron chi connectivity index (χ3n) is 0.474. The third-order valence-corrected chi connectivity index (χ3v) is 0.474. The van der Waals surface area contributed by atoms with Crippen LogP contribution in [-0.4, -0.2) is 23.2 Å². The van der Waals surface area contributed by atoms with Crippen LogP contribution in [0.5, 0.6) is 0 Å². The van der Waals surface area contributed by atoms with Crippen LogP contribution >= 0.6 is 17.0 Å². The van der Waals surface area contributed by atoms with E-state index in [-0.39, 0.29) is 17.0 Å².